The molecule has 1 aliphatic rings. The lowest BCUT2D eigenvalue weighted by molar-refractivity contribution is 0.104. The smallest absolute Gasteiger partial charge is 0.170 e. The van der Waals surface area contributed by atoms with Crippen LogP contribution in [0.3, 0.4) is 0 Å². The summed E-state index contributed by atoms with van der Waals surface area (Å²) in [4.78, 5) is 2.37. The minimum absolute atomic E-state index is 0.242. The molecule has 0 saturated heterocycles. The van der Waals surface area contributed by atoms with E-state index in [1.165, 1.54) is 37.7 Å². The van der Waals surface area contributed by atoms with E-state index < -0.39 is 0 Å². The van der Waals surface area contributed by atoms with Crippen molar-refractivity contribution in [3.05, 3.63) is 29.8 Å². The quantitative estimate of drug-likeness (QED) is 0.783. The van der Waals surface area contributed by atoms with Gasteiger partial charge in [-0.2, -0.15) is 0 Å². The Kier molecular flexibility index (Phi) is 6.42. The van der Waals surface area contributed by atoms with Gasteiger partial charge in [-0.3, -0.25) is 0 Å². The van der Waals surface area contributed by atoms with Gasteiger partial charge in [0.15, 0.2) is 5.11 Å². The van der Waals surface area contributed by atoms with Crippen LogP contribution in [0.25, 0.3) is 0 Å². The number of nitrogens with zero attached hydrogens (tertiary/aromatic N) is 1. The van der Waals surface area contributed by atoms with Crippen molar-refractivity contribution in [3.63, 3.8) is 0 Å². The number of nitrogens with one attached hydrogen (secondary N) is 2. The van der Waals surface area contributed by atoms with Gasteiger partial charge in [0.2, 0.25) is 0 Å². The van der Waals surface area contributed by atoms with Crippen molar-refractivity contribution in [3.8, 4) is 0 Å². The molecule has 0 bridgehead atoms. The number of hydrogen-bond donors (Lipinski definition) is 2. The maximum Gasteiger partial charge on any atom is 0.170 e. The second-order valence-electron chi connectivity index (χ2n) is 7.26. The number of thiocarbonyl (C=S) groups is 1. The Hall–Kier alpha value is -1.13. The topological polar surface area (TPSA) is 27.3 Å². The van der Waals surface area contributed by atoms with Crippen molar-refractivity contribution >= 4 is 23.0 Å². The van der Waals surface area contributed by atoms with E-state index >= 15 is 0 Å². The molecule has 0 aliphatic heterocycles. The Balaban J connectivity index is 1.88. The molecule has 2 N–H and O–H groups in total. The van der Waals surface area contributed by atoms with Crippen LogP contribution in [0.15, 0.2) is 24.3 Å². The highest BCUT2D eigenvalue weighted by Crippen LogP contribution is 2.31. The van der Waals surface area contributed by atoms with Gasteiger partial charge in [0.25, 0.3) is 0 Å². The van der Waals surface area contributed by atoms with Crippen LogP contribution < -0.4 is 10.6 Å². The summed E-state index contributed by atoms with van der Waals surface area (Å²) in [5.74, 6) is 0.556. The Morgan fingerprint density at radius 3 is 2.26 bits per heavy atom. The summed E-state index contributed by atoms with van der Waals surface area (Å²) in [5, 5.41) is 7.46. The van der Waals surface area contributed by atoms with Gasteiger partial charge in [0.05, 0.1) is 0 Å². The molecule has 1 aromatic carbocycles. The third-order valence-corrected chi connectivity index (χ3v) is 5.39. The van der Waals surface area contributed by atoms with Gasteiger partial charge in [-0.05, 0) is 62.8 Å². The molecule has 0 amide bonds. The second kappa shape index (κ2) is 8.11. The summed E-state index contributed by atoms with van der Waals surface area (Å²) in [7, 11) is 4.38. The predicted molar refractivity (Wildman–Crippen MR) is 104 cm³/mol. The first kappa shape index (κ1) is 18.2. The fourth-order valence-electron chi connectivity index (χ4n) is 3.36. The molecule has 128 valence electrons. The number of rotatable bonds is 5. The molecule has 0 atom stereocenters. The summed E-state index contributed by atoms with van der Waals surface area (Å²) >= 11 is 5.48. The average molecular weight is 334 g/mol. The van der Waals surface area contributed by atoms with Crippen LogP contribution in [-0.2, 0) is 0 Å². The molecule has 1 aromatic rings. The summed E-state index contributed by atoms with van der Waals surface area (Å²) in [5.41, 5.74) is 2.64. The highest BCUT2D eigenvalue weighted by molar-refractivity contribution is 7.80. The molecule has 0 aromatic heterocycles. The van der Waals surface area contributed by atoms with Crippen molar-refractivity contribution in [2.75, 3.05) is 26.0 Å². The van der Waals surface area contributed by atoms with E-state index in [1.807, 2.05) is 0 Å². The molecule has 2 rings (SSSR count). The zero-order valence-corrected chi connectivity index (χ0v) is 15.8. The van der Waals surface area contributed by atoms with E-state index in [9.17, 15) is 0 Å². The van der Waals surface area contributed by atoms with Gasteiger partial charge in [-0.25, -0.2) is 0 Å². The molecule has 4 heteroatoms. The highest BCUT2D eigenvalue weighted by atomic mass is 32.1. The molecule has 0 radical (unpaired) electrons. The lowest BCUT2D eigenvalue weighted by Crippen LogP contribution is -2.54. The van der Waals surface area contributed by atoms with Crippen molar-refractivity contribution < 1.29 is 0 Å². The zero-order chi connectivity index (χ0) is 16.9. The second-order valence-corrected chi connectivity index (χ2v) is 7.67. The lowest BCUT2D eigenvalue weighted by atomic mass is 9.80. The summed E-state index contributed by atoms with van der Waals surface area (Å²) < 4.78 is 0. The Morgan fingerprint density at radius 1 is 1.13 bits per heavy atom. The van der Waals surface area contributed by atoms with Gasteiger partial charge in [0.1, 0.15) is 0 Å². The normalized spacial score (nSPS) is 17.3. The minimum atomic E-state index is 0.242. The first-order valence-corrected chi connectivity index (χ1v) is 9.16. The fraction of sp³-hybridized carbons (Fsp3) is 0.632. The molecular weight excluding hydrogens is 302 g/mol. The zero-order valence-electron chi connectivity index (χ0n) is 15.0. The van der Waals surface area contributed by atoms with Crippen molar-refractivity contribution in [1.29, 1.82) is 0 Å². The van der Waals surface area contributed by atoms with E-state index in [-0.39, 0.29) is 5.54 Å². The summed E-state index contributed by atoms with van der Waals surface area (Å²) in [6, 6.07) is 8.54. The van der Waals surface area contributed by atoms with Crippen LogP contribution in [0.5, 0.6) is 0 Å². The monoisotopic (exact) mass is 333 g/mol. The Morgan fingerprint density at radius 2 is 1.74 bits per heavy atom. The first-order valence-electron chi connectivity index (χ1n) is 8.75. The van der Waals surface area contributed by atoms with E-state index in [0.29, 0.717) is 11.0 Å². The first-order chi connectivity index (χ1) is 10.9. The maximum atomic E-state index is 5.48. The predicted octanol–water partition coefficient (Wildman–Crippen LogP) is 4.36. The van der Waals surface area contributed by atoms with Crippen molar-refractivity contribution in [2.24, 2.45) is 0 Å². The van der Waals surface area contributed by atoms with Gasteiger partial charge in [-0.1, -0.05) is 45.2 Å². The van der Waals surface area contributed by atoms with Crippen molar-refractivity contribution in [2.45, 2.75) is 57.4 Å². The summed E-state index contributed by atoms with van der Waals surface area (Å²) in [6.45, 7) is 5.33. The number of anilines is 1. The molecular formula is C19H31N3S. The van der Waals surface area contributed by atoms with E-state index in [0.717, 1.165) is 12.2 Å². The van der Waals surface area contributed by atoms with E-state index in [2.05, 4.69) is 67.7 Å². The molecule has 23 heavy (non-hydrogen) atoms. The standard InChI is InChI=1S/C19H31N3S/c1-15(2)16-8-10-17(11-9-16)21-18(23)20-14-19(22(3)4)12-6-5-7-13-19/h8-11,15H,5-7,12-14H2,1-4H3,(H2,20,21,23). The third kappa shape index (κ3) is 4.92. The highest BCUT2D eigenvalue weighted by Gasteiger charge is 2.34. The van der Waals surface area contributed by atoms with Gasteiger partial charge >= 0.3 is 0 Å². The SMILES string of the molecule is CC(C)c1ccc(NC(=S)NCC2(N(C)C)CCCCC2)cc1. The molecule has 0 spiro atoms. The molecule has 1 aliphatic carbocycles. The third-order valence-electron chi connectivity index (χ3n) is 5.15. The number of hydrogen-bond acceptors (Lipinski definition) is 2. The average Bonchev–Trinajstić information content (AvgIpc) is 2.54. The van der Waals surface area contributed by atoms with Crippen LogP contribution in [0.4, 0.5) is 5.69 Å². The molecule has 0 unspecified atom stereocenters. The Bertz CT molecular complexity index is 502. The van der Waals surface area contributed by atoms with Crippen LogP contribution in [0.2, 0.25) is 0 Å². The minimum Gasteiger partial charge on any atom is -0.361 e. The molecule has 1 fully saturated rings. The van der Waals surface area contributed by atoms with E-state index in [1.54, 1.807) is 0 Å². The number of likely N-dealkylation sites (N-methyl/N-ethyl adjacent to an activating group) is 1. The van der Waals surface area contributed by atoms with Crippen LogP contribution in [0, 0.1) is 0 Å². The summed E-state index contributed by atoms with van der Waals surface area (Å²) in [6.07, 6.45) is 6.49. The molecule has 0 heterocycles. The largest absolute Gasteiger partial charge is 0.361 e. The number of benzene rings is 1. The van der Waals surface area contributed by atoms with Crippen molar-refractivity contribution in [1.82, 2.24) is 10.2 Å². The van der Waals surface area contributed by atoms with E-state index in [4.69, 9.17) is 12.2 Å². The van der Waals surface area contributed by atoms with Crippen LogP contribution >= 0.6 is 12.2 Å². The fourth-order valence-corrected chi connectivity index (χ4v) is 3.55. The maximum absolute atomic E-state index is 5.48. The van der Waals surface area contributed by atoms with Gasteiger partial charge in [0, 0.05) is 17.8 Å². The Labute approximate surface area is 146 Å². The van der Waals surface area contributed by atoms with Gasteiger partial charge in [-0.15, -0.1) is 0 Å². The molecule has 1 saturated carbocycles. The molecule has 3 nitrogen and oxygen atoms in total. The van der Waals surface area contributed by atoms with Gasteiger partial charge < -0.3 is 15.5 Å². The van der Waals surface area contributed by atoms with Crippen LogP contribution in [-0.4, -0.2) is 36.2 Å². The van der Waals surface area contributed by atoms with Crippen LogP contribution in [0.1, 0.15) is 57.4 Å². The lowest BCUT2D eigenvalue weighted by Gasteiger charge is -2.43.